The van der Waals surface area contributed by atoms with Gasteiger partial charge >= 0.3 is 0 Å². The molecule has 0 fully saturated rings. The highest BCUT2D eigenvalue weighted by molar-refractivity contribution is 6.41. The SMILES string of the molecule is CC1(C)C=C(c2cnc(Cl)c(Cl)c2)NO1. The van der Waals surface area contributed by atoms with E-state index in [2.05, 4.69) is 10.5 Å². The fourth-order valence-corrected chi connectivity index (χ4v) is 1.57. The molecule has 1 aliphatic heterocycles. The van der Waals surface area contributed by atoms with Gasteiger partial charge in [-0.25, -0.2) is 4.98 Å². The van der Waals surface area contributed by atoms with Gasteiger partial charge in [0.15, 0.2) is 0 Å². The average Bonchev–Trinajstić information content (AvgIpc) is 2.51. The van der Waals surface area contributed by atoms with Gasteiger partial charge in [0, 0.05) is 11.8 Å². The van der Waals surface area contributed by atoms with Crippen LogP contribution in [0, 0.1) is 0 Å². The number of hydrogen-bond acceptors (Lipinski definition) is 3. The number of nitrogens with one attached hydrogen (secondary N) is 1. The molecule has 0 spiro atoms. The second-order valence-corrected chi connectivity index (χ2v) is 4.63. The molecule has 0 amide bonds. The monoisotopic (exact) mass is 244 g/mol. The van der Waals surface area contributed by atoms with Gasteiger partial charge in [-0.05, 0) is 26.0 Å². The highest BCUT2D eigenvalue weighted by atomic mass is 35.5. The molecule has 3 nitrogen and oxygen atoms in total. The van der Waals surface area contributed by atoms with Crippen LogP contribution >= 0.6 is 23.2 Å². The van der Waals surface area contributed by atoms with Crippen molar-refractivity contribution in [2.45, 2.75) is 19.4 Å². The molecule has 0 aromatic carbocycles. The molecule has 15 heavy (non-hydrogen) atoms. The summed E-state index contributed by atoms with van der Waals surface area (Å²) in [5, 5.41) is 0.737. The largest absolute Gasteiger partial charge is 0.266 e. The van der Waals surface area contributed by atoms with Gasteiger partial charge in [0.2, 0.25) is 0 Å². The van der Waals surface area contributed by atoms with E-state index in [0.29, 0.717) is 10.2 Å². The molecule has 2 rings (SSSR count). The molecule has 0 atom stereocenters. The molecule has 2 heterocycles. The van der Waals surface area contributed by atoms with Crippen LogP contribution in [0.15, 0.2) is 18.3 Å². The molecule has 0 bridgehead atoms. The van der Waals surface area contributed by atoms with Crippen molar-refractivity contribution in [3.05, 3.63) is 34.1 Å². The fourth-order valence-electron chi connectivity index (χ4n) is 1.30. The van der Waals surface area contributed by atoms with Crippen LogP contribution in [-0.2, 0) is 4.84 Å². The standard InChI is InChI=1S/C10H10Cl2N2O/c1-10(2)4-8(14-15-10)6-3-7(11)9(12)13-5-6/h3-5,14H,1-2H3. The van der Waals surface area contributed by atoms with Crippen LogP contribution in [0.2, 0.25) is 10.2 Å². The summed E-state index contributed by atoms with van der Waals surface area (Å²) in [4.78, 5) is 9.30. The predicted molar refractivity (Wildman–Crippen MR) is 60.5 cm³/mol. The van der Waals surface area contributed by atoms with Crippen molar-refractivity contribution in [1.82, 2.24) is 10.5 Å². The van der Waals surface area contributed by atoms with Gasteiger partial charge in [-0.15, -0.1) is 0 Å². The third kappa shape index (κ3) is 2.25. The van der Waals surface area contributed by atoms with Gasteiger partial charge in [-0.1, -0.05) is 23.2 Å². The number of nitrogens with zero attached hydrogens (tertiary/aromatic N) is 1. The Morgan fingerprint density at radius 2 is 2.13 bits per heavy atom. The average molecular weight is 245 g/mol. The van der Waals surface area contributed by atoms with Crippen molar-refractivity contribution in [3.8, 4) is 0 Å². The zero-order valence-electron chi connectivity index (χ0n) is 8.34. The quantitative estimate of drug-likeness (QED) is 0.772. The van der Waals surface area contributed by atoms with E-state index in [9.17, 15) is 0 Å². The molecule has 0 unspecified atom stereocenters. The number of halogens is 2. The number of rotatable bonds is 1. The Morgan fingerprint density at radius 3 is 2.67 bits per heavy atom. The van der Waals surface area contributed by atoms with Crippen molar-refractivity contribution < 1.29 is 4.84 Å². The summed E-state index contributed by atoms with van der Waals surface area (Å²) in [6, 6.07) is 1.75. The van der Waals surface area contributed by atoms with Crippen LogP contribution in [0.1, 0.15) is 19.4 Å². The number of pyridine rings is 1. The van der Waals surface area contributed by atoms with Crippen LogP contribution < -0.4 is 5.48 Å². The molecule has 1 aromatic heterocycles. The highest BCUT2D eigenvalue weighted by Gasteiger charge is 2.24. The Morgan fingerprint density at radius 1 is 1.40 bits per heavy atom. The maximum absolute atomic E-state index is 5.87. The summed E-state index contributed by atoms with van der Waals surface area (Å²) in [5.74, 6) is 0. The van der Waals surface area contributed by atoms with Gasteiger partial charge < -0.3 is 0 Å². The van der Waals surface area contributed by atoms with Crippen molar-refractivity contribution in [2.75, 3.05) is 0 Å². The van der Waals surface area contributed by atoms with Crippen LogP contribution in [0.25, 0.3) is 5.70 Å². The molecule has 0 aliphatic carbocycles. The molecule has 80 valence electrons. The van der Waals surface area contributed by atoms with Crippen molar-refractivity contribution >= 4 is 28.9 Å². The minimum Gasteiger partial charge on any atom is -0.266 e. The lowest BCUT2D eigenvalue weighted by molar-refractivity contribution is -0.00840. The minimum atomic E-state index is -0.318. The molecule has 1 N–H and O–H groups in total. The minimum absolute atomic E-state index is 0.305. The maximum atomic E-state index is 5.87. The summed E-state index contributed by atoms with van der Waals surface area (Å²) in [6.45, 7) is 3.91. The third-order valence-electron chi connectivity index (χ3n) is 2.02. The molecule has 0 saturated carbocycles. The van der Waals surface area contributed by atoms with Crippen molar-refractivity contribution in [2.24, 2.45) is 0 Å². The summed E-state index contributed by atoms with van der Waals surface area (Å²) >= 11 is 11.6. The molecular formula is C10H10Cl2N2O. The maximum Gasteiger partial charge on any atom is 0.147 e. The predicted octanol–water partition coefficient (Wildman–Crippen LogP) is 3.04. The van der Waals surface area contributed by atoms with E-state index in [4.69, 9.17) is 28.0 Å². The zero-order chi connectivity index (χ0) is 11.1. The van der Waals surface area contributed by atoms with E-state index in [1.807, 2.05) is 19.9 Å². The van der Waals surface area contributed by atoms with Crippen molar-refractivity contribution in [3.63, 3.8) is 0 Å². The van der Waals surface area contributed by atoms with Gasteiger partial charge in [0.1, 0.15) is 10.8 Å². The smallest absolute Gasteiger partial charge is 0.147 e. The van der Waals surface area contributed by atoms with Crippen LogP contribution in [0.4, 0.5) is 0 Å². The second-order valence-electron chi connectivity index (χ2n) is 3.86. The first-order valence-electron chi connectivity index (χ1n) is 4.46. The van der Waals surface area contributed by atoms with Gasteiger partial charge in [0.05, 0.1) is 10.7 Å². The third-order valence-corrected chi connectivity index (χ3v) is 2.71. The molecule has 5 heteroatoms. The normalized spacial score (nSPS) is 18.5. The van der Waals surface area contributed by atoms with E-state index in [1.54, 1.807) is 12.3 Å². The molecule has 1 aromatic rings. The Hall–Kier alpha value is -0.770. The number of aromatic nitrogens is 1. The van der Waals surface area contributed by atoms with E-state index < -0.39 is 0 Å². The summed E-state index contributed by atoms with van der Waals surface area (Å²) in [5.41, 5.74) is 4.22. The first-order chi connectivity index (χ1) is 6.98. The molecular weight excluding hydrogens is 235 g/mol. The Kier molecular flexibility index (Phi) is 2.63. The summed E-state index contributed by atoms with van der Waals surface area (Å²) < 4.78 is 0. The first-order valence-corrected chi connectivity index (χ1v) is 5.22. The van der Waals surface area contributed by atoms with Crippen LogP contribution in [0.3, 0.4) is 0 Å². The molecule has 0 radical (unpaired) electrons. The second kappa shape index (κ2) is 3.67. The van der Waals surface area contributed by atoms with Gasteiger partial charge in [-0.3, -0.25) is 10.3 Å². The Balaban J connectivity index is 2.36. The highest BCUT2D eigenvalue weighted by Crippen LogP contribution is 2.28. The topological polar surface area (TPSA) is 34.2 Å². The van der Waals surface area contributed by atoms with Crippen LogP contribution in [0.5, 0.6) is 0 Å². The van der Waals surface area contributed by atoms with Gasteiger partial charge in [0.25, 0.3) is 0 Å². The number of hydrogen-bond donors (Lipinski definition) is 1. The Bertz CT molecular complexity index is 429. The lowest BCUT2D eigenvalue weighted by Crippen LogP contribution is -2.20. The van der Waals surface area contributed by atoms with Gasteiger partial charge in [-0.2, -0.15) is 0 Å². The Labute approximate surface area is 98.0 Å². The van der Waals surface area contributed by atoms with Crippen molar-refractivity contribution in [1.29, 1.82) is 0 Å². The van der Waals surface area contributed by atoms with E-state index >= 15 is 0 Å². The number of hydroxylamine groups is 1. The molecule has 1 aliphatic rings. The molecule has 0 saturated heterocycles. The van der Waals surface area contributed by atoms with E-state index in [1.165, 1.54) is 0 Å². The summed E-state index contributed by atoms with van der Waals surface area (Å²) in [6.07, 6.45) is 3.62. The van der Waals surface area contributed by atoms with E-state index in [0.717, 1.165) is 11.3 Å². The lowest BCUT2D eigenvalue weighted by Gasteiger charge is -2.11. The summed E-state index contributed by atoms with van der Waals surface area (Å²) in [7, 11) is 0. The first kappa shape index (κ1) is 10.7. The van der Waals surface area contributed by atoms with Crippen LogP contribution in [-0.4, -0.2) is 10.6 Å². The fraction of sp³-hybridized carbons (Fsp3) is 0.300. The zero-order valence-corrected chi connectivity index (χ0v) is 9.86. The lowest BCUT2D eigenvalue weighted by atomic mass is 10.1. The van der Waals surface area contributed by atoms with E-state index in [-0.39, 0.29) is 5.60 Å².